The van der Waals surface area contributed by atoms with Gasteiger partial charge in [-0.15, -0.1) is 0 Å². The van der Waals surface area contributed by atoms with Crippen molar-refractivity contribution in [1.82, 2.24) is 0 Å². The van der Waals surface area contributed by atoms with Crippen molar-refractivity contribution in [3.05, 3.63) is 0 Å². The van der Waals surface area contributed by atoms with Crippen LogP contribution in [0.5, 0.6) is 0 Å². The Morgan fingerprint density at radius 3 is 1.20 bits per heavy atom. The van der Waals surface area contributed by atoms with Gasteiger partial charge in [0.05, 0.1) is 24.4 Å². The number of Topliss-reactive ketones (excluding diaryl/α,β-unsaturated/α-hetero) is 2. The highest BCUT2D eigenvalue weighted by Crippen LogP contribution is 2.70. The topological polar surface area (TPSA) is 59.2 Å². The standard InChI is InChI=1S/C16H16O4/c17-11-7-3-1-4(14-13(3)19-14)8(7)12(18)10-6-2-5(9(10)11)15-16(6)20-15/h3-10,13-16H,1-2H2. The fourth-order valence-electron chi connectivity index (χ4n) is 7.28. The molecule has 104 valence electrons. The Morgan fingerprint density at radius 1 is 0.600 bits per heavy atom. The molecule has 12 unspecified atom stereocenters. The fourth-order valence-corrected chi connectivity index (χ4v) is 7.28. The maximum atomic E-state index is 13.1. The minimum Gasteiger partial charge on any atom is -0.369 e. The van der Waals surface area contributed by atoms with Crippen molar-refractivity contribution in [1.29, 1.82) is 0 Å². The van der Waals surface area contributed by atoms with Crippen LogP contribution in [0, 0.1) is 47.3 Å². The lowest BCUT2D eigenvalue weighted by Gasteiger charge is -2.41. The molecule has 0 aromatic carbocycles. The highest BCUT2D eigenvalue weighted by atomic mass is 16.6. The van der Waals surface area contributed by atoms with Gasteiger partial charge in [0.2, 0.25) is 0 Å². The molecule has 0 spiro atoms. The molecule has 5 aliphatic carbocycles. The number of carbonyl (C=O) groups excluding carboxylic acids is 2. The van der Waals surface area contributed by atoms with E-state index in [9.17, 15) is 9.59 Å². The van der Waals surface area contributed by atoms with Crippen molar-refractivity contribution < 1.29 is 19.1 Å². The van der Waals surface area contributed by atoms with Gasteiger partial charge in [-0.2, -0.15) is 0 Å². The van der Waals surface area contributed by atoms with Crippen LogP contribution in [0.3, 0.4) is 0 Å². The second-order valence-corrected chi connectivity index (χ2v) is 8.17. The first-order valence-corrected chi connectivity index (χ1v) is 8.14. The van der Waals surface area contributed by atoms with Gasteiger partial charge in [-0.3, -0.25) is 9.59 Å². The summed E-state index contributed by atoms with van der Waals surface area (Å²) in [6, 6.07) is 0. The van der Waals surface area contributed by atoms with Crippen LogP contribution in [-0.4, -0.2) is 36.0 Å². The number of hydrogen-bond acceptors (Lipinski definition) is 4. The average Bonchev–Trinajstić information content (AvgIpc) is 3.29. The molecule has 7 rings (SSSR count). The Kier molecular flexibility index (Phi) is 1.34. The van der Waals surface area contributed by atoms with Crippen LogP contribution in [0.15, 0.2) is 0 Å². The minimum atomic E-state index is 0.00838. The molecule has 7 aliphatic rings. The molecule has 0 aromatic heterocycles. The largest absolute Gasteiger partial charge is 0.369 e. The summed E-state index contributed by atoms with van der Waals surface area (Å²) in [6.07, 6.45) is 3.41. The summed E-state index contributed by atoms with van der Waals surface area (Å²) in [5.41, 5.74) is 0. The molecule has 4 bridgehead atoms. The highest BCUT2D eigenvalue weighted by Gasteiger charge is 2.78. The van der Waals surface area contributed by atoms with Gasteiger partial charge in [-0.25, -0.2) is 0 Å². The van der Waals surface area contributed by atoms with E-state index < -0.39 is 0 Å². The van der Waals surface area contributed by atoms with E-state index in [2.05, 4.69) is 0 Å². The van der Waals surface area contributed by atoms with Crippen LogP contribution in [0.1, 0.15) is 12.8 Å². The van der Waals surface area contributed by atoms with Gasteiger partial charge < -0.3 is 9.47 Å². The molecule has 4 nitrogen and oxygen atoms in total. The van der Waals surface area contributed by atoms with Crippen molar-refractivity contribution in [2.24, 2.45) is 47.3 Å². The summed E-state index contributed by atoms with van der Waals surface area (Å²) in [4.78, 5) is 26.2. The number of rotatable bonds is 0. The Morgan fingerprint density at radius 2 is 0.900 bits per heavy atom. The predicted octanol–water partition coefficient (Wildman–Crippen LogP) is 0.437. The highest BCUT2D eigenvalue weighted by molar-refractivity contribution is 6.02. The van der Waals surface area contributed by atoms with Crippen LogP contribution < -0.4 is 0 Å². The summed E-state index contributed by atoms with van der Waals surface area (Å²) in [5, 5.41) is 0. The lowest BCUT2D eigenvalue weighted by atomic mass is 9.58. The van der Waals surface area contributed by atoms with Crippen molar-refractivity contribution in [2.45, 2.75) is 37.3 Å². The molecule has 5 saturated carbocycles. The minimum absolute atomic E-state index is 0.00838. The van der Waals surface area contributed by atoms with E-state index in [-0.39, 0.29) is 23.7 Å². The average molecular weight is 272 g/mol. The van der Waals surface area contributed by atoms with Crippen LogP contribution in [0.2, 0.25) is 0 Å². The van der Waals surface area contributed by atoms with Crippen LogP contribution in [-0.2, 0) is 19.1 Å². The number of hydrogen-bond donors (Lipinski definition) is 0. The van der Waals surface area contributed by atoms with Gasteiger partial charge in [0.1, 0.15) is 11.6 Å². The van der Waals surface area contributed by atoms with E-state index in [1.54, 1.807) is 0 Å². The third-order valence-corrected chi connectivity index (χ3v) is 7.83. The lowest BCUT2D eigenvalue weighted by Crippen LogP contribution is -2.53. The Balaban J connectivity index is 1.39. The molecule has 4 heteroatoms. The lowest BCUT2D eigenvalue weighted by molar-refractivity contribution is -0.150. The molecule has 12 atom stereocenters. The fraction of sp³-hybridized carbons (Fsp3) is 0.875. The molecule has 7 fully saturated rings. The Hall–Kier alpha value is -0.740. The zero-order valence-electron chi connectivity index (χ0n) is 11.0. The third kappa shape index (κ3) is 0.806. The molecular formula is C16H16O4. The molecule has 2 saturated heterocycles. The molecular weight excluding hydrogens is 256 g/mol. The number of ether oxygens (including phenoxy) is 2. The van der Waals surface area contributed by atoms with Crippen LogP contribution in [0.4, 0.5) is 0 Å². The number of carbonyl (C=O) groups is 2. The zero-order valence-corrected chi connectivity index (χ0v) is 11.0. The van der Waals surface area contributed by atoms with Gasteiger partial charge in [-0.05, 0) is 36.5 Å². The second-order valence-electron chi connectivity index (χ2n) is 8.17. The SMILES string of the molecule is O=C1C2C3CC(C4OC34)C2C(=O)C2C3CC(C4OC34)C12. The van der Waals surface area contributed by atoms with Crippen molar-refractivity contribution in [3.63, 3.8) is 0 Å². The van der Waals surface area contributed by atoms with Gasteiger partial charge in [0.15, 0.2) is 0 Å². The number of ketones is 2. The first kappa shape index (κ1) is 10.1. The van der Waals surface area contributed by atoms with E-state index in [4.69, 9.17) is 9.47 Å². The summed E-state index contributed by atoms with van der Waals surface area (Å²) in [6.45, 7) is 0. The van der Waals surface area contributed by atoms with Gasteiger partial charge in [0.25, 0.3) is 0 Å². The quantitative estimate of drug-likeness (QED) is 0.600. The van der Waals surface area contributed by atoms with Crippen molar-refractivity contribution in [3.8, 4) is 0 Å². The smallest absolute Gasteiger partial charge is 0.141 e. The Bertz CT molecular complexity index is 503. The molecule has 0 aromatic rings. The van der Waals surface area contributed by atoms with E-state index in [1.165, 1.54) is 0 Å². The monoisotopic (exact) mass is 272 g/mol. The maximum Gasteiger partial charge on any atom is 0.141 e. The first-order valence-electron chi connectivity index (χ1n) is 8.14. The van der Waals surface area contributed by atoms with Gasteiger partial charge in [-0.1, -0.05) is 0 Å². The molecule has 2 heterocycles. The maximum absolute atomic E-state index is 13.1. The summed E-state index contributed by atoms with van der Waals surface area (Å²) in [7, 11) is 0. The Labute approximate surface area is 116 Å². The zero-order chi connectivity index (χ0) is 12.9. The first-order chi connectivity index (χ1) is 9.75. The van der Waals surface area contributed by atoms with Gasteiger partial charge >= 0.3 is 0 Å². The normalized spacial score (nSPS) is 73.4. The predicted molar refractivity (Wildman–Crippen MR) is 64.5 cm³/mol. The number of epoxide rings is 2. The third-order valence-electron chi connectivity index (χ3n) is 7.83. The van der Waals surface area contributed by atoms with E-state index in [0.29, 0.717) is 59.7 Å². The van der Waals surface area contributed by atoms with Crippen molar-refractivity contribution in [2.75, 3.05) is 0 Å². The summed E-state index contributed by atoms with van der Waals surface area (Å²) >= 11 is 0. The van der Waals surface area contributed by atoms with Crippen LogP contribution >= 0.6 is 0 Å². The van der Waals surface area contributed by atoms with Crippen molar-refractivity contribution >= 4 is 11.6 Å². The molecule has 0 amide bonds. The number of fused-ring (bicyclic) bond motifs is 16. The molecule has 20 heavy (non-hydrogen) atoms. The van der Waals surface area contributed by atoms with Gasteiger partial charge in [0, 0.05) is 23.7 Å². The van der Waals surface area contributed by atoms with E-state index >= 15 is 0 Å². The summed E-state index contributed by atoms with van der Waals surface area (Å²) in [5.74, 6) is 2.32. The van der Waals surface area contributed by atoms with E-state index in [0.717, 1.165) is 12.8 Å². The molecule has 2 aliphatic heterocycles. The second kappa shape index (κ2) is 2.66. The molecule has 0 N–H and O–H groups in total. The molecule has 0 radical (unpaired) electrons. The van der Waals surface area contributed by atoms with E-state index in [1.807, 2.05) is 0 Å². The summed E-state index contributed by atoms with van der Waals surface area (Å²) < 4.78 is 11.4. The van der Waals surface area contributed by atoms with Crippen LogP contribution in [0.25, 0.3) is 0 Å².